The number of carbonyl (C=O) groups is 1. The molecule has 232 valence electrons. The predicted molar refractivity (Wildman–Crippen MR) is 173 cm³/mol. The lowest BCUT2D eigenvalue weighted by Crippen LogP contribution is -2.26. The number of nitrogens with zero attached hydrogens (tertiary/aromatic N) is 5. The maximum Gasteiger partial charge on any atom is 0.416 e. The summed E-state index contributed by atoms with van der Waals surface area (Å²) in [6, 6.07) is 28.9. The number of rotatable bonds is 11. The number of thiazole rings is 1. The topological polar surface area (TPSA) is 85.6 Å². The molecule has 6 rings (SSSR count). The van der Waals surface area contributed by atoms with Crippen LogP contribution in [0.15, 0.2) is 120 Å². The van der Waals surface area contributed by atoms with Crippen LogP contribution < -0.4 is 5.32 Å². The van der Waals surface area contributed by atoms with Gasteiger partial charge in [-0.2, -0.15) is 13.2 Å². The first-order valence-electron chi connectivity index (χ1n) is 14.4. The van der Waals surface area contributed by atoms with E-state index in [2.05, 4.69) is 49.7 Å². The van der Waals surface area contributed by atoms with E-state index in [0.717, 1.165) is 18.6 Å². The smallest absolute Gasteiger partial charge is 0.351 e. The van der Waals surface area contributed by atoms with Gasteiger partial charge in [-0.15, -0.1) is 21.5 Å². The molecule has 0 aliphatic heterocycles. The molecule has 0 aliphatic rings. The summed E-state index contributed by atoms with van der Waals surface area (Å²) in [4.78, 5) is 21.6. The summed E-state index contributed by atoms with van der Waals surface area (Å²) in [6.45, 7) is 0.464. The van der Waals surface area contributed by atoms with Crippen LogP contribution in [0, 0.1) is 0 Å². The molecule has 46 heavy (non-hydrogen) atoms. The Morgan fingerprint density at radius 1 is 0.913 bits per heavy atom. The van der Waals surface area contributed by atoms with Gasteiger partial charge >= 0.3 is 6.18 Å². The fourth-order valence-electron chi connectivity index (χ4n) is 5.02. The number of benzene rings is 3. The van der Waals surface area contributed by atoms with E-state index in [-0.39, 0.29) is 17.5 Å². The third-order valence-corrected chi connectivity index (χ3v) is 9.19. The molecule has 12 heteroatoms. The monoisotopic (exact) mass is 656 g/mol. The van der Waals surface area contributed by atoms with Crippen molar-refractivity contribution in [3.63, 3.8) is 0 Å². The summed E-state index contributed by atoms with van der Waals surface area (Å²) in [5.41, 5.74) is 2.77. The average Bonchev–Trinajstić information content (AvgIpc) is 3.74. The quantitative estimate of drug-likeness (QED) is 0.142. The van der Waals surface area contributed by atoms with Crippen molar-refractivity contribution in [1.82, 2.24) is 30.0 Å². The number of hydrogen-bond donors (Lipinski definition) is 1. The number of pyridine rings is 1. The van der Waals surface area contributed by atoms with Crippen LogP contribution in [0.1, 0.15) is 44.5 Å². The molecule has 1 amide bonds. The normalized spacial score (nSPS) is 11.6. The number of amides is 1. The predicted octanol–water partition coefficient (Wildman–Crippen LogP) is 8.05. The van der Waals surface area contributed by atoms with Crippen LogP contribution in [0.4, 0.5) is 13.2 Å². The molecule has 0 saturated carbocycles. The van der Waals surface area contributed by atoms with Crippen molar-refractivity contribution in [2.45, 2.75) is 29.4 Å². The number of thioether (sulfide) groups is 1. The zero-order valence-corrected chi connectivity index (χ0v) is 25.9. The van der Waals surface area contributed by atoms with Gasteiger partial charge in [0.2, 0.25) is 0 Å². The number of carbonyl (C=O) groups excluding carboxylic acids is 1. The molecule has 6 aromatic rings. The molecule has 7 nitrogen and oxygen atoms in total. The van der Waals surface area contributed by atoms with Gasteiger partial charge in [-0.05, 0) is 47.9 Å². The summed E-state index contributed by atoms with van der Waals surface area (Å²) < 4.78 is 42.2. The van der Waals surface area contributed by atoms with E-state index < -0.39 is 11.7 Å². The minimum Gasteiger partial charge on any atom is -0.351 e. The first-order chi connectivity index (χ1) is 22.4. The molecule has 0 atom stereocenters. The van der Waals surface area contributed by atoms with Gasteiger partial charge in [0.05, 0.1) is 17.0 Å². The molecule has 0 radical (unpaired) electrons. The summed E-state index contributed by atoms with van der Waals surface area (Å²) in [5, 5.41) is 14.3. The molecule has 0 spiro atoms. The molecule has 0 unspecified atom stereocenters. The zero-order chi connectivity index (χ0) is 31.9. The van der Waals surface area contributed by atoms with Crippen molar-refractivity contribution in [3.05, 3.63) is 142 Å². The zero-order valence-electron chi connectivity index (χ0n) is 24.3. The van der Waals surface area contributed by atoms with Crippen LogP contribution in [-0.4, -0.2) is 37.2 Å². The number of alkyl halides is 3. The molecular formula is C34H27F3N6OS2. The third-order valence-electron chi connectivity index (χ3n) is 7.22. The molecule has 0 bridgehead atoms. The molecule has 3 heterocycles. The lowest BCUT2D eigenvalue weighted by molar-refractivity contribution is -0.137. The van der Waals surface area contributed by atoms with E-state index in [1.165, 1.54) is 40.3 Å². The Morgan fingerprint density at radius 3 is 2.33 bits per heavy atom. The Bertz CT molecular complexity index is 1860. The molecule has 0 saturated heterocycles. The van der Waals surface area contributed by atoms with E-state index in [9.17, 15) is 18.0 Å². The molecule has 3 aromatic carbocycles. The maximum absolute atomic E-state index is 13.5. The van der Waals surface area contributed by atoms with E-state index in [4.69, 9.17) is 0 Å². The van der Waals surface area contributed by atoms with Crippen LogP contribution >= 0.6 is 23.1 Å². The average molecular weight is 657 g/mol. The molecule has 3 aromatic heterocycles. The highest BCUT2D eigenvalue weighted by atomic mass is 32.2. The standard InChI is InChI=1S/C34H27F3N6OS2/c35-34(36,37)26-14-7-15-27(19-26)43-31(25-13-8-17-38-20-25)41-42-33(43)46-22-30-40-29(21-45-30)32(44)39-18-16-28(23-9-3-1-4-10-23)24-11-5-2-6-12-24/h1-15,17,19-21,28H,16,18,22H2,(H,39,44). The third kappa shape index (κ3) is 7.35. The maximum atomic E-state index is 13.5. The van der Waals surface area contributed by atoms with Crippen LogP contribution in [0.5, 0.6) is 0 Å². The lowest BCUT2D eigenvalue weighted by Gasteiger charge is -2.18. The fraction of sp³-hybridized carbons (Fsp3) is 0.147. The van der Waals surface area contributed by atoms with Crippen molar-refractivity contribution in [3.8, 4) is 17.1 Å². The van der Waals surface area contributed by atoms with E-state index in [1.54, 1.807) is 40.5 Å². The minimum absolute atomic E-state index is 0.135. The Morgan fingerprint density at radius 2 is 1.65 bits per heavy atom. The second-order valence-corrected chi connectivity index (χ2v) is 12.2. The van der Waals surface area contributed by atoms with E-state index in [1.807, 2.05) is 36.4 Å². The fourth-order valence-corrected chi connectivity index (χ4v) is 6.77. The number of halogens is 3. The van der Waals surface area contributed by atoms with Crippen molar-refractivity contribution >= 4 is 29.0 Å². The van der Waals surface area contributed by atoms with Crippen molar-refractivity contribution < 1.29 is 18.0 Å². The second-order valence-electron chi connectivity index (χ2n) is 10.3. The van der Waals surface area contributed by atoms with Crippen LogP contribution in [0.3, 0.4) is 0 Å². The minimum atomic E-state index is -4.51. The molecule has 0 fully saturated rings. The first-order valence-corrected chi connectivity index (χ1v) is 16.2. The lowest BCUT2D eigenvalue weighted by atomic mass is 9.88. The molecular weight excluding hydrogens is 630 g/mol. The van der Waals surface area contributed by atoms with Gasteiger partial charge in [-0.1, -0.05) is 78.5 Å². The number of nitrogens with one attached hydrogen (secondary N) is 1. The van der Waals surface area contributed by atoms with Crippen LogP contribution in [0.2, 0.25) is 0 Å². The van der Waals surface area contributed by atoms with E-state index >= 15 is 0 Å². The van der Waals surface area contributed by atoms with Gasteiger partial charge < -0.3 is 5.32 Å². The van der Waals surface area contributed by atoms with E-state index in [0.29, 0.717) is 39.5 Å². The Balaban J connectivity index is 1.14. The summed E-state index contributed by atoms with van der Waals surface area (Å²) in [6.07, 6.45) is -0.605. The van der Waals surface area contributed by atoms with Gasteiger partial charge in [-0.25, -0.2) is 4.98 Å². The first kappa shape index (κ1) is 31.2. The second kappa shape index (κ2) is 14.1. The summed E-state index contributed by atoms with van der Waals surface area (Å²) in [5.74, 6) is 0.569. The highest BCUT2D eigenvalue weighted by Crippen LogP contribution is 2.34. The Hall–Kier alpha value is -4.81. The highest BCUT2D eigenvalue weighted by molar-refractivity contribution is 7.98. The van der Waals surface area contributed by atoms with Gasteiger partial charge in [0, 0.05) is 35.8 Å². The van der Waals surface area contributed by atoms with Crippen molar-refractivity contribution in [2.24, 2.45) is 0 Å². The molecule has 1 N–H and O–H groups in total. The van der Waals surface area contributed by atoms with Gasteiger partial charge in [-0.3, -0.25) is 14.3 Å². The van der Waals surface area contributed by atoms with Crippen molar-refractivity contribution in [1.29, 1.82) is 0 Å². The number of hydrogen-bond acceptors (Lipinski definition) is 7. The Kier molecular flexibility index (Phi) is 9.55. The summed E-state index contributed by atoms with van der Waals surface area (Å²) >= 11 is 2.60. The van der Waals surface area contributed by atoms with Gasteiger partial charge in [0.15, 0.2) is 11.0 Å². The van der Waals surface area contributed by atoms with Crippen LogP contribution in [0.25, 0.3) is 17.1 Å². The highest BCUT2D eigenvalue weighted by Gasteiger charge is 2.31. The number of aromatic nitrogens is 5. The summed E-state index contributed by atoms with van der Waals surface area (Å²) in [7, 11) is 0. The largest absolute Gasteiger partial charge is 0.416 e. The Labute approximate surface area is 271 Å². The van der Waals surface area contributed by atoms with Crippen LogP contribution in [-0.2, 0) is 11.9 Å². The SMILES string of the molecule is O=C(NCCC(c1ccccc1)c1ccccc1)c1csc(CSc2nnc(-c3cccnc3)n2-c2cccc(C(F)(F)F)c2)n1. The van der Waals surface area contributed by atoms with Crippen molar-refractivity contribution in [2.75, 3.05) is 6.54 Å². The van der Waals surface area contributed by atoms with Gasteiger partial charge in [0.25, 0.3) is 5.91 Å². The van der Waals surface area contributed by atoms with Gasteiger partial charge in [0.1, 0.15) is 10.7 Å². The molecule has 0 aliphatic carbocycles.